The average molecular weight is 391 g/mol. The van der Waals surface area contributed by atoms with Crippen LogP contribution in [0.2, 0.25) is 0 Å². The van der Waals surface area contributed by atoms with Gasteiger partial charge in [-0.1, -0.05) is 24.3 Å². The molecule has 1 N–H and O–H groups in total. The number of carbonyl (C=O) groups excluding carboxylic acids is 2. The van der Waals surface area contributed by atoms with Gasteiger partial charge in [0.2, 0.25) is 5.91 Å². The lowest BCUT2D eigenvalue weighted by atomic mass is 10.1. The van der Waals surface area contributed by atoms with Gasteiger partial charge in [-0.2, -0.15) is 5.10 Å². The van der Waals surface area contributed by atoms with E-state index in [4.69, 9.17) is 4.74 Å². The van der Waals surface area contributed by atoms with Crippen molar-refractivity contribution in [3.8, 4) is 5.75 Å². The fourth-order valence-electron chi connectivity index (χ4n) is 2.94. The van der Waals surface area contributed by atoms with E-state index in [2.05, 4.69) is 10.4 Å². The summed E-state index contributed by atoms with van der Waals surface area (Å²) in [5, 5.41) is 7.21. The number of nitrogens with zero attached hydrogens (tertiary/aromatic N) is 2. The lowest BCUT2D eigenvalue weighted by molar-refractivity contribution is -0.121. The van der Waals surface area contributed by atoms with Crippen molar-refractivity contribution in [2.75, 3.05) is 6.61 Å². The Balaban J connectivity index is 1.39. The van der Waals surface area contributed by atoms with Gasteiger partial charge in [0.15, 0.2) is 5.78 Å². The largest absolute Gasteiger partial charge is 0.494 e. The number of hydrogen-bond donors (Lipinski definition) is 1. The van der Waals surface area contributed by atoms with Crippen LogP contribution >= 0.6 is 0 Å². The molecule has 3 aromatic rings. The van der Waals surface area contributed by atoms with Gasteiger partial charge < -0.3 is 10.1 Å². The second kappa shape index (κ2) is 10.2. The van der Waals surface area contributed by atoms with E-state index >= 15 is 0 Å². The Morgan fingerprint density at radius 2 is 1.79 bits per heavy atom. The Bertz CT molecular complexity index is 934. The number of rotatable bonds is 10. The van der Waals surface area contributed by atoms with E-state index in [1.54, 1.807) is 30.5 Å². The van der Waals surface area contributed by atoms with E-state index < -0.39 is 0 Å². The van der Waals surface area contributed by atoms with E-state index in [0.29, 0.717) is 43.9 Å². The molecule has 6 heteroatoms. The van der Waals surface area contributed by atoms with Crippen LogP contribution in [0.25, 0.3) is 0 Å². The van der Waals surface area contributed by atoms with E-state index in [9.17, 15) is 9.59 Å². The van der Waals surface area contributed by atoms with Crippen LogP contribution in [-0.4, -0.2) is 28.1 Å². The Hall–Kier alpha value is -3.41. The molecule has 1 aromatic heterocycles. The zero-order chi connectivity index (χ0) is 20.5. The molecule has 0 unspecified atom stereocenters. The third-order valence-corrected chi connectivity index (χ3v) is 4.56. The first-order valence-corrected chi connectivity index (χ1v) is 9.66. The van der Waals surface area contributed by atoms with Crippen molar-refractivity contribution in [2.24, 2.45) is 0 Å². The summed E-state index contributed by atoms with van der Waals surface area (Å²) in [6.07, 6.45) is 4.69. The minimum absolute atomic E-state index is 0.00517. The number of nitrogens with one attached hydrogen (secondary N) is 1. The molecule has 0 radical (unpaired) electrons. The van der Waals surface area contributed by atoms with Gasteiger partial charge in [0.1, 0.15) is 5.75 Å². The molecule has 0 fully saturated rings. The minimum atomic E-state index is -0.00517. The van der Waals surface area contributed by atoms with Gasteiger partial charge in [0.25, 0.3) is 0 Å². The second-order valence-corrected chi connectivity index (χ2v) is 6.78. The summed E-state index contributed by atoms with van der Waals surface area (Å²) in [7, 11) is 0. The van der Waals surface area contributed by atoms with Crippen LogP contribution in [0.4, 0.5) is 0 Å². The highest BCUT2D eigenvalue weighted by atomic mass is 16.5. The first-order chi connectivity index (χ1) is 14.1. The van der Waals surface area contributed by atoms with Crippen molar-refractivity contribution < 1.29 is 14.3 Å². The highest BCUT2D eigenvalue weighted by Crippen LogP contribution is 2.13. The molecule has 3 rings (SSSR count). The average Bonchev–Trinajstić information content (AvgIpc) is 3.24. The monoisotopic (exact) mass is 391 g/mol. The van der Waals surface area contributed by atoms with Crippen molar-refractivity contribution in [1.82, 2.24) is 15.1 Å². The Kier molecular flexibility index (Phi) is 7.16. The van der Waals surface area contributed by atoms with Crippen molar-refractivity contribution >= 4 is 11.7 Å². The normalized spacial score (nSPS) is 10.5. The van der Waals surface area contributed by atoms with Gasteiger partial charge >= 0.3 is 0 Å². The Morgan fingerprint density at radius 3 is 2.48 bits per heavy atom. The van der Waals surface area contributed by atoms with Gasteiger partial charge in [-0.05, 0) is 54.8 Å². The number of amides is 1. The molecule has 0 saturated heterocycles. The summed E-state index contributed by atoms with van der Waals surface area (Å²) in [5.74, 6) is 0.719. The molecule has 0 aliphatic heterocycles. The number of hydrogen-bond acceptors (Lipinski definition) is 4. The van der Waals surface area contributed by atoms with Crippen molar-refractivity contribution in [3.63, 3.8) is 0 Å². The van der Waals surface area contributed by atoms with E-state index in [1.165, 1.54) is 6.92 Å². The quantitative estimate of drug-likeness (QED) is 0.423. The molecule has 0 bridgehead atoms. The highest BCUT2D eigenvalue weighted by molar-refractivity contribution is 5.94. The number of Topliss-reactive ketones (excluding diaryl/α,β-unsaturated/α-hetero) is 1. The van der Waals surface area contributed by atoms with Crippen molar-refractivity contribution in [3.05, 3.63) is 83.7 Å². The summed E-state index contributed by atoms with van der Waals surface area (Å²) in [6, 6.07) is 17.0. The number of benzene rings is 2. The zero-order valence-corrected chi connectivity index (χ0v) is 16.5. The minimum Gasteiger partial charge on any atom is -0.494 e. The SMILES string of the molecule is CC(=O)c1ccc(OCCCC(=O)NCc2ccccc2Cn2cccn2)cc1. The van der Waals surface area contributed by atoms with Crippen LogP contribution in [0.5, 0.6) is 5.75 Å². The second-order valence-electron chi connectivity index (χ2n) is 6.78. The maximum absolute atomic E-state index is 12.2. The third-order valence-electron chi connectivity index (χ3n) is 4.56. The van der Waals surface area contributed by atoms with Gasteiger partial charge in [-0.3, -0.25) is 14.3 Å². The standard InChI is InChI=1S/C23H25N3O3/c1-18(27)19-9-11-22(12-10-19)29-15-4-8-23(28)24-16-20-6-2-3-7-21(20)17-26-14-5-13-25-26/h2-3,5-7,9-14H,4,8,15-17H2,1H3,(H,24,28). The van der Waals surface area contributed by atoms with E-state index in [-0.39, 0.29) is 11.7 Å². The molecule has 1 amide bonds. The number of ketones is 1. The van der Waals surface area contributed by atoms with Crippen molar-refractivity contribution in [1.29, 1.82) is 0 Å². The molecule has 150 valence electrons. The van der Waals surface area contributed by atoms with Gasteiger partial charge in [-0.15, -0.1) is 0 Å². The van der Waals surface area contributed by atoms with Crippen LogP contribution in [-0.2, 0) is 17.9 Å². The number of aromatic nitrogens is 2. The fourth-order valence-corrected chi connectivity index (χ4v) is 2.94. The third kappa shape index (κ3) is 6.31. The molecule has 0 spiro atoms. The number of ether oxygens (including phenoxy) is 1. The van der Waals surface area contributed by atoms with E-state index in [0.717, 1.165) is 11.1 Å². The molecular formula is C23H25N3O3. The first kappa shape index (κ1) is 20.3. The summed E-state index contributed by atoms with van der Waals surface area (Å²) >= 11 is 0. The van der Waals surface area contributed by atoms with Gasteiger partial charge in [0.05, 0.1) is 13.2 Å². The Morgan fingerprint density at radius 1 is 1.03 bits per heavy atom. The molecule has 0 saturated carbocycles. The summed E-state index contributed by atoms with van der Waals surface area (Å²) in [4.78, 5) is 23.4. The van der Waals surface area contributed by atoms with Crippen molar-refractivity contribution in [2.45, 2.75) is 32.9 Å². The summed E-state index contributed by atoms with van der Waals surface area (Å²) in [5.41, 5.74) is 2.87. The van der Waals surface area contributed by atoms with Crippen LogP contribution < -0.4 is 10.1 Å². The summed E-state index contributed by atoms with van der Waals surface area (Å²) < 4.78 is 7.49. The molecule has 6 nitrogen and oxygen atoms in total. The smallest absolute Gasteiger partial charge is 0.220 e. The van der Waals surface area contributed by atoms with Crippen LogP contribution in [0, 0.1) is 0 Å². The highest BCUT2D eigenvalue weighted by Gasteiger charge is 2.06. The van der Waals surface area contributed by atoms with Crippen LogP contribution in [0.3, 0.4) is 0 Å². The van der Waals surface area contributed by atoms with Gasteiger partial charge in [-0.25, -0.2) is 0 Å². The fraction of sp³-hybridized carbons (Fsp3) is 0.261. The maximum atomic E-state index is 12.2. The predicted molar refractivity (Wildman–Crippen MR) is 111 cm³/mol. The zero-order valence-electron chi connectivity index (χ0n) is 16.5. The maximum Gasteiger partial charge on any atom is 0.220 e. The molecule has 0 aliphatic carbocycles. The predicted octanol–water partition coefficient (Wildman–Crippen LogP) is 3.61. The summed E-state index contributed by atoms with van der Waals surface area (Å²) in [6.45, 7) is 3.14. The number of carbonyl (C=O) groups is 2. The lowest BCUT2D eigenvalue weighted by Gasteiger charge is -2.11. The van der Waals surface area contributed by atoms with Crippen LogP contribution in [0.1, 0.15) is 41.3 Å². The lowest BCUT2D eigenvalue weighted by Crippen LogP contribution is -2.23. The van der Waals surface area contributed by atoms with E-state index in [1.807, 2.05) is 41.2 Å². The Labute approximate surface area is 170 Å². The molecule has 1 heterocycles. The van der Waals surface area contributed by atoms with Gasteiger partial charge in [0, 0.05) is 30.9 Å². The first-order valence-electron chi connectivity index (χ1n) is 9.66. The topological polar surface area (TPSA) is 73.2 Å². The molecule has 2 aromatic carbocycles. The molecule has 29 heavy (non-hydrogen) atoms. The van der Waals surface area contributed by atoms with Crippen LogP contribution in [0.15, 0.2) is 67.0 Å². The molecule has 0 aliphatic rings. The molecule has 0 atom stereocenters. The molecular weight excluding hydrogens is 366 g/mol.